The van der Waals surface area contributed by atoms with Crippen LogP contribution >= 0.6 is 0 Å². The summed E-state index contributed by atoms with van der Waals surface area (Å²) in [5, 5.41) is 3.58. The van der Waals surface area contributed by atoms with E-state index in [1.807, 2.05) is 6.92 Å². The second-order valence-electron chi connectivity index (χ2n) is 1.92. The van der Waals surface area contributed by atoms with E-state index < -0.39 is 0 Å². The molecule has 1 amide bonds. The summed E-state index contributed by atoms with van der Waals surface area (Å²) >= 11 is 0. The summed E-state index contributed by atoms with van der Waals surface area (Å²) in [6, 6.07) is 0. The molecule has 1 rings (SSSR count). The molecule has 3 nitrogen and oxygen atoms in total. The van der Waals surface area contributed by atoms with Crippen molar-refractivity contribution in [1.29, 1.82) is 0 Å². The largest absolute Gasteiger partial charge is 0.273 e. The van der Waals surface area contributed by atoms with Crippen LogP contribution in [0.25, 0.3) is 0 Å². The molecule has 0 aromatic heterocycles. The molecule has 1 atom stereocenters. The Labute approximate surface area is 47.8 Å². The number of nitrogens with one attached hydrogen (secondary N) is 1. The maximum absolute atomic E-state index is 10.6. The lowest BCUT2D eigenvalue weighted by atomic mass is 10.1. The molecule has 3 heteroatoms. The quantitative estimate of drug-likeness (QED) is 0.475. The Morgan fingerprint density at radius 1 is 2.00 bits per heavy atom. The van der Waals surface area contributed by atoms with Gasteiger partial charge in [-0.3, -0.25) is 4.79 Å². The van der Waals surface area contributed by atoms with Crippen LogP contribution in [0.1, 0.15) is 13.3 Å². The topological polar surface area (TPSA) is 41.5 Å². The van der Waals surface area contributed by atoms with Crippen LogP contribution < -0.4 is 5.43 Å². The zero-order valence-corrected chi connectivity index (χ0v) is 4.72. The highest BCUT2D eigenvalue weighted by molar-refractivity contribution is 5.84. The molecule has 0 saturated carbocycles. The highest BCUT2D eigenvalue weighted by Crippen LogP contribution is 2.01. The summed E-state index contributed by atoms with van der Waals surface area (Å²) in [6.07, 6.45) is 2.48. The third-order valence-corrected chi connectivity index (χ3v) is 1.17. The average Bonchev–Trinajstić information content (AvgIpc) is 1.77. The van der Waals surface area contributed by atoms with Gasteiger partial charge in [0.1, 0.15) is 0 Å². The van der Waals surface area contributed by atoms with Gasteiger partial charge in [0.05, 0.1) is 0 Å². The molecule has 0 radical (unpaired) electrons. The van der Waals surface area contributed by atoms with Crippen molar-refractivity contribution in [3.63, 3.8) is 0 Å². The summed E-state index contributed by atoms with van der Waals surface area (Å²) in [6.45, 7) is 1.88. The van der Waals surface area contributed by atoms with E-state index in [-0.39, 0.29) is 11.8 Å². The van der Waals surface area contributed by atoms with Gasteiger partial charge < -0.3 is 0 Å². The monoisotopic (exact) mass is 112 g/mol. The fraction of sp³-hybridized carbons (Fsp3) is 0.600. The first-order valence-corrected chi connectivity index (χ1v) is 2.62. The van der Waals surface area contributed by atoms with Crippen molar-refractivity contribution in [2.45, 2.75) is 13.3 Å². The van der Waals surface area contributed by atoms with E-state index in [9.17, 15) is 4.79 Å². The Hall–Kier alpha value is -0.860. The van der Waals surface area contributed by atoms with Gasteiger partial charge in [-0.15, -0.1) is 0 Å². The minimum absolute atomic E-state index is 0.0208. The molecule has 1 heterocycles. The van der Waals surface area contributed by atoms with Crippen LogP contribution in [0.2, 0.25) is 0 Å². The first kappa shape index (κ1) is 5.28. The lowest BCUT2D eigenvalue weighted by Gasteiger charge is -2.09. The molecule has 1 aliphatic rings. The van der Waals surface area contributed by atoms with Gasteiger partial charge in [-0.2, -0.15) is 5.10 Å². The molecule has 8 heavy (non-hydrogen) atoms. The molecule has 0 fully saturated rings. The van der Waals surface area contributed by atoms with Crippen molar-refractivity contribution in [3.8, 4) is 0 Å². The number of carbonyl (C=O) groups is 1. The maximum Gasteiger partial charge on any atom is 0.243 e. The van der Waals surface area contributed by atoms with Crippen molar-refractivity contribution < 1.29 is 4.79 Å². The molecule has 0 aromatic rings. The summed E-state index contributed by atoms with van der Waals surface area (Å²) in [5.41, 5.74) is 2.36. The Kier molecular flexibility index (Phi) is 1.28. The van der Waals surface area contributed by atoms with Crippen molar-refractivity contribution >= 4 is 12.1 Å². The van der Waals surface area contributed by atoms with Crippen LogP contribution in [0.3, 0.4) is 0 Å². The second-order valence-corrected chi connectivity index (χ2v) is 1.92. The number of carbonyl (C=O) groups excluding carboxylic acids is 1. The SMILES string of the molecule is C[C@H]1CC=NNC1=O. The maximum atomic E-state index is 10.6. The zero-order valence-electron chi connectivity index (χ0n) is 4.72. The van der Waals surface area contributed by atoms with Crippen LogP contribution in [0, 0.1) is 5.92 Å². The highest BCUT2D eigenvalue weighted by atomic mass is 16.2. The Morgan fingerprint density at radius 3 is 3.12 bits per heavy atom. The molecule has 0 spiro atoms. The number of hydrogen-bond donors (Lipinski definition) is 1. The average molecular weight is 112 g/mol. The Morgan fingerprint density at radius 2 is 2.75 bits per heavy atom. The highest BCUT2D eigenvalue weighted by Gasteiger charge is 2.12. The fourth-order valence-electron chi connectivity index (χ4n) is 0.537. The zero-order chi connectivity index (χ0) is 5.98. The molecule has 0 unspecified atom stereocenters. The summed E-state index contributed by atoms with van der Waals surface area (Å²) in [4.78, 5) is 10.6. The third kappa shape index (κ3) is 0.857. The van der Waals surface area contributed by atoms with Crippen LogP contribution in [-0.4, -0.2) is 12.1 Å². The molecule has 0 aromatic carbocycles. The van der Waals surface area contributed by atoms with E-state index in [4.69, 9.17) is 0 Å². The molecule has 1 N–H and O–H groups in total. The van der Waals surface area contributed by atoms with E-state index in [1.165, 1.54) is 0 Å². The van der Waals surface area contributed by atoms with E-state index in [0.717, 1.165) is 6.42 Å². The van der Waals surface area contributed by atoms with Crippen molar-refractivity contribution in [2.24, 2.45) is 11.0 Å². The van der Waals surface area contributed by atoms with Gasteiger partial charge in [-0.05, 0) is 6.42 Å². The molecule has 0 bridgehead atoms. The van der Waals surface area contributed by atoms with E-state index >= 15 is 0 Å². The van der Waals surface area contributed by atoms with E-state index in [1.54, 1.807) is 6.21 Å². The lowest BCUT2D eigenvalue weighted by molar-refractivity contribution is -0.124. The van der Waals surface area contributed by atoms with Gasteiger partial charge in [-0.25, -0.2) is 5.43 Å². The number of nitrogens with zero attached hydrogens (tertiary/aromatic N) is 1. The van der Waals surface area contributed by atoms with Gasteiger partial charge in [0.15, 0.2) is 0 Å². The van der Waals surface area contributed by atoms with E-state index in [2.05, 4.69) is 10.5 Å². The molecule has 1 aliphatic heterocycles. The van der Waals surface area contributed by atoms with E-state index in [0.29, 0.717) is 0 Å². The normalized spacial score (nSPS) is 27.6. The fourth-order valence-corrected chi connectivity index (χ4v) is 0.537. The molecule has 0 aliphatic carbocycles. The number of hydrogen-bond acceptors (Lipinski definition) is 2. The summed E-state index contributed by atoms with van der Waals surface area (Å²) < 4.78 is 0. The molecule has 44 valence electrons. The predicted octanol–water partition coefficient (Wildman–Crippen LogP) is 0.128. The molecular formula is C5H8N2O. The van der Waals surface area contributed by atoms with Crippen LogP contribution in [0.5, 0.6) is 0 Å². The van der Waals surface area contributed by atoms with Gasteiger partial charge >= 0.3 is 0 Å². The Balaban J connectivity index is 2.57. The lowest BCUT2D eigenvalue weighted by Crippen LogP contribution is -2.28. The first-order chi connectivity index (χ1) is 3.80. The predicted molar refractivity (Wildman–Crippen MR) is 30.4 cm³/mol. The number of hydrazone groups is 1. The smallest absolute Gasteiger partial charge is 0.243 e. The molecular weight excluding hydrogens is 104 g/mol. The van der Waals surface area contributed by atoms with Gasteiger partial charge in [0.2, 0.25) is 5.91 Å². The third-order valence-electron chi connectivity index (χ3n) is 1.17. The number of rotatable bonds is 0. The minimum atomic E-state index is 0.0208. The first-order valence-electron chi connectivity index (χ1n) is 2.62. The van der Waals surface area contributed by atoms with Crippen LogP contribution in [0.15, 0.2) is 5.10 Å². The molecule has 0 saturated heterocycles. The van der Waals surface area contributed by atoms with Crippen LogP contribution in [-0.2, 0) is 4.79 Å². The van der Waals surface area contributed by atoms with Crippen molar-refractivity contribution in [3.05, 3.63) is 0 Å². The minimum Gasteiger partial charge on any atom is -0.273 e. The Bertz CT molecular complexity index is 130. The summed E-state index contributed by atoms with van der Waals surface area (Å²) in [7, 11) is 0. The standard InChI is InChI=1S/C5H8N2O/c1-4-2-3-6-7-5(4)8/h3-4H,2H2,1H3,(H,7,8)/t4-/m0/s1. The number of amides is 1. The van der Waals surface area contributed by atoms with Crippen molar-refractivity contribution in [2.75, 3.05) is 0 Å². The second kappa shape index (κ2) is 1.94. The van der Waals surface area contributed by atoms with Gasteiger partial charge in [0, 0.05) is 12.1 Å². The van der Waals surface area contributed by atoms with Gasteiger partial charge in [0.25, 0.3) is 0 Å². The summed E-state index contributed by atoms with van der Waals surface area (Å²) in [5.74, 6) is 0.125. The van der Waals surface area contributed by atoms with Crippen LogP contribution in [0.4, 0.5) is 0 Å². The van der Waals surface area contributed by atoms with Crippen molar-refractivity contribution in [1.82, 2.24) is 5.43 Å². The van der Waals surface area contributed by atoms with Gasteiger partial charge in [-0.1, -0.05) is 6.92 Å².